The van der Waals surface area contributed by atoms with Gasteiger partial charge in [0.05, 0.1) is 5.02 Å². The highest BCUT2D eigenvalue weighted by Gasteiger charge is 2.17. The van der Waals surface area contributed by atoms with Crippen molar-refractivity contribution in [2.75, 3.05) is 25.6 Å². The molecule has 0 amide bonds. The van der Waals surface area contributed by atoms with Gasteiger partial charge in [-0.25, -0.2) is 13.1 Å². The number of hydrogen-bond donors (Lipinski definition) is 2. The van der Waals surface area contributed by atoms with Gasteiger partial charge in [-0.3, -0.25) is 0 Å². The maximum Gasteiger partial charge on any atom is 0.242 e. The van der Waals surface area contributed by atoms with Gasteiger partial charge in [0.1, 0.15) is 4.90 Å². The van der Waals surface area contributed by atoms with Gasteiger partial charge in [0.25, 0.3) is 0 Å². The molecule has 0 radical (unpaired) electrons. The average molecular weight is 309 g/mol. The zero-order valence-electron chi connectivity index (χ0n) is 10.4. The van der Waals surface area contributed by atoms with Crippen molar-refractivity contribution in [1.82, 2.24) is 10.0 Å². The molecule has 1 aromatic rings. The summed E-state index contributed by atoms with van der Waals surface area (Å²) in [7, 11) is -1.72. The molecule has 0 aliphatic carbocycles. The minimum Gasteiger partial charge on any atom is -0.316 e. The van der Waals surface area contributed by atoms with Gasteiger partial charge in [-0.2, -0.15) is 11.8 Å². The van der Waals surface area contributed by atoms with Crippen LogP contribution >= 0.6 is 23.4 Å². The van der Waals surface area contributed by atoms with E-state index in [-0.39, 0.29) is 9.92 Å². The van der Waals surface area contributed by atoms with Crippen molar-refractivity contribution >= 4 is 33.4 Å². The summed E-state index contributed by atoms with van der Waals surface area (Å²) < 4.78 is 26.7. The molecule has 18 heavy (non-hydrogen) atoms. The first kappa shape index (κ1) is 15.8. The van der Waals surface area contributed by atoms with Gasteiger partial charge in [0.15, 0.2) is 0 Å². The summed E-state index contributed by atoms with van der Waals surface area (Å²) in [5.41, 5.74) is 0.882. The van der Waals surface area contributed by atoms with E-state index >= 15 is 0 Å². The van der Waals surface area contributed by atoms with Crippen LogP contribution in [-0.2, 0) is 16.6 Å². The Morgan fingerprint density at radius 1 is 1.39 bits per heavy atom. The highest BCUT2D eigenvalue weighted by atomic mass is 35.5. The molecular formula is C11H17ClN2O2S2. The van der Waals surface area contributed by atoms with E-state index in [1.54, 1.807) is 37.0 Å². The third-order valence-corrected chi connectivity index (χ3v) is 4.82. The number of rotatable bonds is 7. The molecule has 0 bridgehead atoms. The van der Waals surface area contributed by atoms with Gasteiger partial charge in [-0.15, -0.1) is 0 Å². The lowest BCUT2D eigenvalue weighted by Crippen LogP contribution is -2.26. The molecule has 0 spiro atoms. The number of benzene rings is 1. The maximum atomic E-state index is 12.1. The highest BCUT2D eigenvalue weighted by molar-refractivity contribution is 7.98. The monoisotopic (exact) mass is 308 g/mol. The van der Waals surface area contributed by atoms with E-state index in [1.807, 2.05) is 6.26 Å². The molecule has 0 saturated heterocycles. The van der Waals surface area contributed by atoms with Gasteiger partial charge in [0.2, 0.25) is 10.0 Å². The van der Waals surface area contributed by atoms with Gasteiger partial charge in [-0.05, 0) is 31.0 Å². The van der Waals surface area contributed by atoms with Crippen molar-refractivity contribution in [3.8, 4) is 0 Å². The van der Waals surface area contributed by atoms with E-state index in [1.165, 1.54) is 0 Å². The summed E-state index contributed by atoms with van der Waals surface area (Å²) in [5.74, 6) is 0.729. The Morgan fingerprint density at radius 2 is 2.11 bits per heavy atom. The number of thioether (sulfide) groups is 1. The average Bonchev–Trinajstić information content (AvgIpc) is 2.32. The Hall–Kier alpha value is -0.270. The van der Waals surface area contributed by atoms with E-state index in [9.17, 15) is 8.42 Å². The zero-order valence-corrected chi connectivity index (χ0v) is 12.8. The molecule has 0 aromatic heterocycles. The molecule has 0 unspecified atom stereocenters. The van der Waals surface area contributed by atoms with Crippen molar-refractivity contribution in [2.45, 2.75) is 11.4 Å². The second-order valence-corrected chi connectivity index (χ2v) is 6.81. The fraction of sp³-hybridized carbons (Fsp3) is 0.455. The molecule has 0 fully saturated rings. The predicted molar refractivity (Wildman–Crippen MR) is 77.8 cm³/mol. The minimum absolute atomic E-state index is 0.137. The molecule has 1 aromatic carbocycles. The summed E-state index contributed by atoms with van der Waals surface area (Å²) in [6, 6.07) is 5.01. The van der Waals surface area contributed by atoms with Gasteiger partial charge in [-0.1, -0.05) is 17.7 Å². The summed E-state index contributed by atoms with van der Waals surface area (Å²) in [6.07, 6.45) is 1.93. The van der Waals surface area contributed by atoms with Crippen molar-refractivity contribution < 1.29 is 8.42 Å². The Morgan fingerprint density at radius 3 is 2.72 bits per heavy atom. The van der Waals surface area contributed by atoms with Gasteiger partial charge in [0, 0.05) is 18.8 Å². The topological polar surface area (TPSA) is 58.2 Å². The van der Waals surface area contributed by atoms with Crippen LogP contribution in [0, 0.1) is 0 Å². The first-order chi connectivity index (χ1) is 8.51. The van der Waals surface area contributed by atoms with Gasteiger partial charge < -0.3 is 5.32 Å². The Bertz CT molecular complexity index is 492. The number of sulfonamides is 1. The van der Waals surface area contributed by atoms with E-state index in [2.05, 4.69) is 10.0 Å². The first-order valence-corrected chi connectivity index (χ1v) is 8.68. The van der Waals surface area contributed by atoms with E-state index < -0.39 is 10.0 Å². The zero-order chi connectivity index (χ0) is 13.6. The third-order valence-electron chi connectivity index (χ3n) is 2.26. The lowest BCUT2D eigenvalue weighted by Gasteiger charge is -2.09. The highest BCUT2D eigenvalue weighted by Crippen LogP contribution is 2.22. The summed E-state index contributed by atoms with van der Waals surface area (Å²) in [5, 5.41) is 3.21. The molecule has 0 aliphatic rings. The fourth-order valence-corrected chi connectivity index (χ4v) is 3.44. The molecule has 0 saturated carbocycles. The van der Waals surface area contributed by atoms with Crippen LogP contribution in [0.1, 0.15) is 5.56 Å². The van der Waals surface area contributed by atoms with Crippen LogP contribution in [0.15, 0.2) is 23.1 Å². The van der Waals surface area contributed by atoms with E-state index in [4.69, 9.17) is 11.6 Å². The molecule has 7 heteroatoms. The number of hydrogen-bond acceptors (Lipinski definition) is 4. The van der Waals surface area contributed by atoms with Crippen LogP contribution in [0.25, 0.3) is 0 Å². The van der Waals surface area contributed by atoms with Crippen molar-refractivity contribution in [1.29, 1.82) is 0 Å². The molecule has 0 aliphatic heterocycles. The number of halogens is 1. The molecular weight excluding hydrogens is 292 g/mol. The Balaban J connectivity index is 2.95. The van der Waals surface area contributed by atoms with Crippen LogP contribution in [0.4, 0.5) is 0 Å². The molecule has 4 nitrogen and oxygen atoms in total. The second-order valence-electron chi connectivity index (χ2n) is 3.69. The van der Waals surface area contributed by atoms with Crippen LogP contribution in [-0.4, -0.2) is 34.0 Å². The third kappa shape index (κ3) is 4.44. The SMILES string of the molecule is CNCc1ccc(Cl)c(S(=O)(=O)NCCSC)c1. The first-order valence-electron chi connectivity index (χ1n) is 5.43. The maximum absolute atomic E-state index is 12.1. The van der Waals surface area contributed by atoms with Gasteiger partial charge >= 0.3 is 0 Å². The minimum atomic E-state index is -3.53. The van der Waals surface area contributed by atoms with Crippen LogP contribution in [0.3, 0.4) is 0 Å². The van der Waals surface area contributed by atoms with Crippen molar-refractivity contribution in [2.24, 2.45) is 0 Å². The summed E-state index contributed by atoms with van der Waals surface area (Å²) in [6.45, 7) is 1.00. The Kier molecular flexibility index (Phi) is 6.45. The Labute approximate surface area is 118 Å². The van der Waals surface area contributed by atoms with E-state index in [0.717, 1.165) is 11.3 Å². The van der Waals surface area contributed by atoms with Crippen LogP contribution in [0.5, 0.6) is 0 Å². The molecule has 0 heterocycles. The summed E-state index contributed by atoms with van der Waals surface area (Å²) >= 11 is 7.53. The largest absolute Gasteiger partial charge is 0.316 e. The summed E-state index contributed by atoms with van der Waals surface area (Å²) in [4.78, 5) is 0.137. The second kappa shape index (κ2) is 7.35. The van der Waals surface area contributed by atoms with Crippen molar-refractivity contribution in [3.63, 3.8) is 0 Å². The molecule has 0 atom stereocenters. The predicted octanol–water partition coefficient (Wildman–Crippen LogP) is 1.70. The smallest absolute Gasteiger partial charge is 0.242 e. The lowest BCUT2D eigenvalue weighted by molar-refractivity contribution is 0.584. The molecule has 2 N–H and O–H groups in total. The van der Waals surface area contributed by atoms with E-state index in [0.29, 0.717) is 13.1 Å². The fourth-order valence-electron chi connectivity index (χ4n) is 1.42. The van der Waals surface area contributed by atoms with Crippen LogP contribution in [0.2, 0.25) is 5.02 Å². The molecule has 1 rings (SSSR count). The molecule has 102 valence electrons. The normalized spacial score (nSPS) is 11.7. The van der Waals surface area contributed by atoms with Crippen molar-refractivity contribution in [3.05, 3.63) is 28.8 Å². The standard InChI is InChI=1S/C11H17ClN2O2S2/c1-13-8-9-3-4-10(12)11(7-9)18(15,16)14-5-6-17-2/h3-4,7,13-14H,5-6,8H2,1-2H3. The van der Waals surface area contributed by atoms with Crippen LogP contribution < -0.4 is 10.0 Å². The quantitative estimate of drug-likeness (QED) is 0.753. The lowest BCUT2D eigenvalue weighted by atomic mass is 10.2. The number of nitrogens with one attached hydrogen (secondary N) is 2.